The Morgan fingerprint density at radius 1 is 1.16 bits per heavy atom. The van der Waals surface area contributed by atoms with Gasteiger partial charge in [0.05, 0.1) is 35.8 Å². The number of esters is 1. The fourth-order valence-corrected chi connectivity index (χ4v) is 11.0. The van der Waals surface area contributed by atoms with Gasteiger partial charge in [0.25, 0.3) is 5.91 Å². The fraction of sp³-hybridized carbons (Fsp3) is 0.457. The van der Waals surface area contributed by atoms with E-state index < -0.39 is 34.6 Å². The molecule has 3 aliphatic heterocycles. The van der Waals surface area contributed by atoms with Gasteiger partial charge in [-0.15, -0.1) is 24.9 Å². The van der Waals surface area contributed by atoms with E-state index in [1.807, 2.05) is 62.4 Å². The zero-order valence-corrected chi connectivity index (χ0v) is 27.8. The first-order chi connectivity index (χ1) is 21.2. The Morgan fingerprint density at radius 2 is 1.86 bits per heavy atom. The van der Waals surface area contributed by atoms with Gasteiger partial charge in [-0.1, -0.05) is 76.6 Å². The summed E-state index contributed by atoms with van der Waals surface area (Å²) >= 11 is 5.40. The molecule has 234 valence electrons. The predicted octanol–water partition coefficient (Wildman–Crippen LogP) is 5.40. The van der Waals surface area contributed by atoms with E-state index in [1.54, 1.807) is 33.7 Å². The van der Waals surface area contributed by atoms with Crippen molar-refractivity contribution in [2.24, 2.45) is 11.8 Å². The average Bonchev–Trinajstić information content (AvgIpc) is 3.61. The molecule has 2 aromatic rings. The molecule has 3 unspecified atom stereocenters. The van der Waals surface area contributed by atoms with E-state index in [0.29, 0.717) is 19.3 Å². The van der Waals surface area contributed by atoms with E-state index in [2.05, 4.69) is 29.1 Å². The second-order valence-corrected chi connectivity index (χ2v) is 14.7. The first-order valence-electron chi connectivity index (χ1n) is 15.2. The summed E-state index contributed by atoms with van der Waals surface area (Å²) in [5.74, 6) is -2.32. The monoisotopic (exact) mass is 680 g/mol. The molecular formula is C35H41BrN2O5S. The number of halogens is 1. The number of allylic oxidation sites excluding steroid dienone is 1. The normalized spacial score (nSPS) is 27.6. The molecule has 7 atom stereocenters. The summed E-state index contributed by atoms with van der Waals surface area (Å²) in [6, 6.07) is 14.0. The lowest BCUT2D eigenvalue weighted by Crippen LogP contribution is -2.58. The number of hydrogen-bond acceptors (Lipinski definition) is 6. The number of thioether (sulfide) groups is 1. The molecular weight excluding hydrogens is 640 g/mol. The van der Waals surface area contributed by atoms with Crippen molar-refractivity contribution in [2.45, 2.75) is 66.4 Å². The SMILES string of the molecule is C=CCCCOC(=O)[C@H]1[C@H]2C(=O)N([C@@H](CO)Cc3ccccc3)C(C(=O)N(CC=C)c3c(C)cccc3C)C23CC(Br)[C@@H]1S3. The lowest BCUT2D eigenvalue weighted by atomic mass is 9.71. The summed E-state index contributed by atoms with van der Waals surface area (Å²) in [7, 11) is 0. The van der Waals surface area contributed by atoms with Gasteiger partial charge in [-0.05, 0) is 56.2 Å². The van der Waals surface area contributed by atoms with Gasteiger partial charge >= 0.3 is 5.97 Å². The van der Waals surface area contributed by atoms with Crippen LogP contribution in [0.5, 0.6) is 0 Å². The number of alkyl halides is 1. The number of nitrogens with zero attached hydrogens (tertiary/aromatic N) is 2. The summed E-state index contributed by atoms with van der Waals surface area (Å²) in [6.07, 6.45) is 5.79. The third-order valence-corrected chi connectivity index (χ3v) is 12.5. The van der Waals surface area contributed by atoms with E-state index in [0.717, 1.165) is 28.8 Å². The molecule has 0 aromatic heterocycles. The number of para-hydroxylation sites is 1. The number of hydrogen-bond donors (Lipinski definition) is 1. The Balaban J connectivity index is 1.61. The van der Waals surface area contributed by atoms with Gasteiger partial charge in [0, 0.05) is 22.3 Å². The number of amides is 2. The van der Waals surface area contributed by atoms with Crippen LogP contribution in [0.1, 0.15) is 36.0 Å². The third-order valence-electron chi connectivity index (χ3n) is 9.24. The standard InChI is InChI=1S/C35H41BrN2O5S/c1-5-7-11-18-43-34(42)27-28-32(40)38(25(21-39)19-24-15-9-8-10-16-24)31(35(28)20-26(36)30(27)44-35)33(41)37(17-6-2)29-22(3)13-12-14-23(29)4/h5-6,8-10,12-16,25-28,30-31,39H,1-2,7,11,17-21H2,3-4H3/t25-,26?,27+,28+,30+,31?,35?/m1/s1. The van der Waals surface area contributed by atoms with Crippen molar-refractivity contribution in [3.8, 4) is 0 Å². The largest absolute Gasteiger partial charge is 0.465 e. The molecule has 5 rings (SSSR count). The Morgan fingerprint density at radius 3 is 2.50 bits per heavy atom. The van der Waals surface area contributed by atoms with Gasteiger partial charge in [-0.25, -0.2) is 0 Å². The molecule has 3 saturated heterocycles. The summed E-state index contributed by atoms with van der Waals surface area (Å²) in [5.41, 5.74) is 3.62. The van der Waals surface area contributed by atoms with Crippen molar-refractivity contribution in [1.82, 2.24) is 4.90 Å². The van der Waals surface area contributed by atoms with Gasteiger partial charge in [0.2, 0.25) is 5.91 Å². The molecule has 3 aliphatic rings. The van der Waals surface area contributed by atoms with Gasteiger partial charge < -0.3 is 19.6 Å². The molecule has 9 heteroatoms. The zero-order valence-electron chi connectivity index (χ0n) is 25.4. The molecule has 2 amide bonds. The Labute approximate surface area is 272 Å². The smallest absolute Gasteiger partial charge is 0.310 e. The van der Waals surface area contributed by atoms with Crippen LogP contribution in [0.15, 0.2) is 73.8 Å². The number of unbranched alkanes of at least 4 members (excludes halogenated alkanes) is 1. The number of aliphatic hydroxyl groups excluding tert-OH is 1. The van der Waals surface area contributed by atoms with Crippen molar-refractivity contribution in [2.75, 3.05) is 24.7 Å². The molecule has 2 aromatic carbocycles. The van der Waals surface area contributed by atoms with Gasteiger partial charge in [-0.3, -0.25) is 14.4 Å². The van der Waals surface area contributed by atoms with Crippen LogP contribution < -0.4 is 4.90 Å². The molecule has 1 N–H and O–H groups in total. The van der Waals surface area contributed by atoms with Gasteiger partial charge in [-0.2, -0.15) is 0 Å². The Hall–Kier alpha value is -2.88. The maximum Gasteiger partial charge on any atom is 0.310 e. The summed E-state index contributed by atoms with van der Waals surface area (Å²) < 4.78 is 4.87. The summed E-state index contributed by atoms with van der Waals surface area (Å²) in [5, 5.41) is 10.6. The van der Waals surface area contributed by atoms with E-state index in [1.165, 1.54) is 0 Å². The molecule has 0 aliphatic carbocycles. The van der Waals surface area contributed by atoms with Gasteiger partial charge in [0.15, 0.2) is 0 Å². The number of carbonyl (C=O) groups is 3. The van der Waals surface area contributed by atoms with Crippen LogP contribution in [0, 0.1) is 25.7 Å². The molecule has 0 saturated carbocycles. The van der Waals surface area contributed by atoms with Crippen molar-refractivity contribution < 1.29 is 24.2 Å². The number of ether oxygens (including phenoxy) is 1. The molecule has 3 fully saturated rings. The highest BCUT2D eigenvalue weighted by molar-refractivity contribution is 9.09. The average molecular weight is 682 g/mol. The topological polar surface area (TPSA) is 87.1 Å². The van der Waals surface area contributed by atoms with Crippen LogP contribution >= 0.6 is 27.7 Å². The fourth-order valence-electron chi connectivity index (χ4n) is 7.44. The lowest BCUT2D eigenvalue weighted by molar-refractivity contribution is -0.154. The highest BCUT2D eigenvalue weighted by Crippen LogP contribution is 2.68. The number of anilines is 1. The van der Waals surface area contributed by atoms with Crippen LogP contribution in [0.4, 0.5) is 5.69 Å². The maximum atomic E-state index is 15.1. The van der Waals surface area contributed by atoms with Crippen LogP contribution in [-0.4, -0.2) is 74.5 Å². The number of carbonyl (C=O) groups excluding carboxylic acids is 3. The quantitative estimate of drug-likeness (QED) is 0.132. The van der Waals surface area contributed by atoms with Crippen LogP contribution in [0.25, 0.3) is 0 Å². The number of aryl methyl sites for hydroxylation is 2. The lowest BCUT2D eigenvalue weighted by Gasteiger charge is -2.40. The minimum Gasteiger partial charge on any atom is -0.465 e. The second-order valence-electron chi connectivity index (χ2n) is 12.0. The van der Waals surface area contributed by atoms with Crippen LogP contribution in [-0.2, 0) is 25.5 Å². The van der Waals surface area contributed by atoms with Gasteiger partial charge in [0.1, 0.15) is 6.04 Å². The minimum absolute atomic E-state index is 0.0766. The predicted molar refractivity (Wildman–Crippen MR) is 179 cm³/mol. The molecule has 3 heterocycles. The molecule has 7 nitrogen and oxygen atoms in total. The molecule has 2 bridgehead atoms. The minimum atomic E-state index is -0.895. The first kappa shape index (κ1) is 32.5. The maximum absolute atomic E-state index is 15.1. The zero-order chi connectivity index (χ0) is 31.6. The summed E-state index contributed by atoms with van der Waals surface area (Å²) in [4.78, 5) is 46.7. The molecule has 44 heavy (non-hydrogen) atoms. The van der Waals surface area contributed by atoms with Crippen molar-refractivity contribution in [3.05, 3.63) is 90.5 Å². The number of benzene rings is 2. The third kappa shape index (κ3) is 5.67. The highest BCUT2D eigenvalue weighted by Gasteiger charge is 2.76. The van der Waals surface area contributed by atoms with Crippen LogP contribution in [0.3, 0.4) is 0 Å². The molecule has 0 radical (unpaired) electrons. The highest BCUT2D eigenvalue weighted by atomic mass is 79.9. The molecule has 1 spiro atoms. The van der Waals surface area contributed by atoms with E-state index in [4.69, 9.17) is 4.74 Å². The summed E-state index contributed by atoms with van der Waals surface area (Å²) in [6.45, 7) is 11.8. The number of rotatable bonds is 13. The van der Waals surface area contributed by atoms with Crippen LogP contribution in [0.2, 0.25) is 0 Å². The second kappa shape index (κ2) is 13.6. The number of fused-ring (bicyclic) bond motifs is 1. The van der Waals surface area contributed by atoms with Crippen molar-refractivity contribution in [1.29, 1.82) is 0 Å². The van der Waals surface area contributed by atoms with E-state index in [-0.39, 0.29) is 41.6 Å². The van der Waals surface area contributed by atoms with Crippen molar-refractivity contribution in [3.63, 3.8) is 0 Å². The Kier molecular flexibility index (Phi) is 10.1. The number of likely N-dealkylation sites (tertiary alicyclic amines) is 1. The van der Waals surface area contributed by atoms with E-state index in [9.17, 15) is 14.7 Å². The van der Waals surface area contributed by atoms with Crippen molar-refractivity contribution >= 4 is 51.2 Å². The van der Waals surface area contributed by atoms with E-state index >= 15 is 4.79 Å². The Bertz CT molecular complexity index is 1400. The first-order valence-corrected chi connectivity index (χ1v) is 17.0. The number of aliphatic hydroxyl groups is 1.